The van der Waals surface area contributed by atoms with Gasteiger partial charge in [-0.1, -0.05) is 24.3 Å². The highest BCUT2D eigenvalue weighted by molar-refractivity contribution is 5.27. The Hall–Kier alpha value is -2.08. The molecule has 27 heavy (non-hydrogen) atoms. The normalized spacial score (nSPS) is 15.6. The summed E-state index contributed by atoms with van der Waals surface area (Å²) in [5.74, 6) is 1.80. The van der Waals surface area contributed by atoms with E-state index in [1.54, 1.807) is 14.2 Å². The second-order valence-corrected chi connectivity index (χ2v) is 6.87. The van der Waals surface area contributed by atoms with E-state index in [2.05, 4.69) is 34.1 Å². The monoisotopic (exact) mass is 370 g/mol. The van der Waals surface area contributed by atoms with Crippen LogP contribution < -0.4 is 9.47 Å². The number of piperazine rings is 1. The van der Waals surface area contributed by atoms with E-state index in [4.69, 9.17) is 14.2 Å². The van der Waals surface area contributed by atoms with Crippen LogP contribution in [0.25, 0.3) is 0 Å². The molecule has 0 aromatic heterocycles. The van der Waals surface area contributed by atoms with Crippen molar-refractivity contribution >= 4 is 0 Å². The lowest BCUT2D eigenvalue weighted by Gasteiger charge is -2.34. The summed E-state index contributed by atoms with van der Waals surface area (Å²) in [6.07, 6.45) is 0. The standard InChI is InChI=1S/C22H30N2O3/c1-25-21-7-3-19(4-8-21)17-24-13-11-23(12-14-24)15-16-27-18-20-5-9-22(26-2)10-6-20/h3-10H,11-18H2,1-2H3. The summed E-state index contributed by atoms with van der Waals surface area (Å²) in [5, 5.41) is 0. The minimum Gasteiger partial charge on any atom is -0.497 e. The SMILES string of the molecule is COc1ccc(COCCN2CCN(Cc3ccc(OC)cc3)CC2)cc1. The second-order valence-electron chi connectivity index (χ2n) is 6.87. The average molecular weight is 370 g/mol. The summed E-state index contributed by atoms with van der Waals surface area (Å²) in [5.41, 5.74) is 2.52. The zero-order valence-corrected chi connectivity index (χ0v) is 16.4. The molecular formula is C22H30N2O3. The number of benzene rings is 2. The Morgan fingerprint density at radius 1 is 0.704 bits per heavy atom. The maximum atomic E-state index is 5.83. The summed E-state index contributed by atoms with van der Waals surface area (Å²) in [7, 11) is 3.39. The molecule has 0 unspecified atom stereocenters. The molecule has 0 aliphatic carbocycles. The molecule has 0 radical (unpaired) electrons. The Kier molecular flexibility index (Phi) is 7.51. The van der Waals surface area contributed by atoms with Crippen LogP contribution in [0, 0.1) is 0 Å². The molecular weight excluding hydrogens is 340 g/mol. The lowest BCUT2D eigenvalue weighted by molar-refractivity contribution is 0.0667. The van der Waals surface area contributed by atoms with Gasteiger partial charge < -0.3 is 14.2 Å². The van der Waals surface area contributed by atoms with Crippen LogP contribution in [-0.4, -0.2) is 63.4 Å². The predicted molar refractivity (Wildman–Crippen MR) is 107 cm³/mol. The van der Waals surface area contributed by atoms with Crippen molar-refractivity contribution in [3.63, 3.8) is 0 Å². The molecule has 1 fully saturated rings. The quantitative estimate of drug-likeness (QED) is 0.634. The molecule has 146 valence electrons. The molecule has 1 heterocycles. The van der Waals surface area contributed by atoms with Gasteiger partial charge in [-0.05, 0) is 35.4 Å². The van der Waals surface area contributed by atoms with Gasteiger partial charge in [0.05, 0.1) is 27.4 Å². The van der Waals surface area contributed by atoms with Crippen molar-refractivity contribution < 1.29 is 14.2 Å². The highest BCUT2D eigenvalue weighted by atomic mass is 16.5. The fraction of sp³-hybridized carbons (Fsp3) is 0.455. The number of hydrogen-bond acceptors (Lipinski definition) is 5. The molecule has 0 atom stereocenters. The summed E-state index contributed by atoms with van der Waals surface area (Å²) < 4.78 is 16.2. The van der Waals surface area contributed by atoms with Crippen LogP contribution in [0.3, 0.4) is 0 Å². The molecule has 0 saturated carbocycles. The zero-order valence-electron chi connectivity index (χ0n) is 16.4. The van der Waals surface area contributed by atoms with Crippen molar-refractivity contribution in [3.05, 3.63) is 59.7 Å². The third kappa shape index (κ3) is 6.24. The highest BCUT2D eigenvalue weighted by Gasteiger charge is 2.16. The Morgan fingerprint density at radius 3 is 1.78 bits per heavy atom. The summed E-state index contributed by atoms with van der Waals surface area (Å²) in [6.45, 7) is 7.82. The van der Waals surface area contributed by atoms with Crippen LogP contribution in [0.1, 0.15) is 11.1 Å². The van der Waals surface area contributed by atoms with Crippen molar-refractivity contribution in [1.29, 1.82) is 0 Å². The van der Waals surface area contributed by atoms with E-state index in [0.717, 1.165) is 57.4 Å². The first kappa shape index (κ1) is 19.7. The van der Waals surface area contributed by atoms with E-state index >= 15 is 0 Å². The maximum Gasteiger partial charge on any atom is 0.118 e. The molecule has 0 N–H and O–H groups in total. The van der Waals surface area contributed by atoms with E-state index in [9.17, 15) is 0 Å². The van der Waals surface area contributed by atoms with Crippen molar-refractivity contribution in [1.82, 2.24) is 9.80 Å². The number of hydrogen-bond donors (Lipinski definition) is 0. The van der Waals surface area contributed by atoms with Gasteiger partial charge >= 0.3 is 0 Å². The Morgan fingerprint density at radius 2 is 1.22 bits per heavy atom. The summed E-state index contributed by atoms with van der Waals surface area (Å²) in [4.78, 5) is 5.00. The van der Waals surface area contributed by atoms with Crippen LogP contribution in [-0.2, 0) is 17.9 Å². The van der Waals surface area contributed by atoms with E-state index < -0.39 is 0 Å². The number of methoxy groups -OCH3 is 2. The van der Waals surface area contributed by atoms with Crippen LogP contribution in [0.2, 0.25) is 0 Å². The third-order valence-corrected chi connectivity index (χ3v) is 5.01. The van der Waals surface area contributed by atoms with Crippen molar-refractivity contribution in [2.75, 3.05) is 53.6 Å². The van der Waals surface area contributed by atoms with Gasteiger partial charge in [0, 0.05) is 39.3 Å². The third-order valence-electron chi connectivity index (χ3n) is 5.01. The van der Waals surface area contributed by atoms with E-state index in [-0.39, 0.29) is 0 Å². The zero-order chi connectivity index (χ0) is 18.9. The summed E-state index contributed by atoms with van der Waals surface area (Å²) in [6, 6.07) is 16.4. The van der Waals surface area contributed by atoms with Crippen LogP contribution >= 0.6 is 0 Å². The number of nitrogens with zero attached hydrogens (tertiary/aromatic N) is 2. The topological polar surface area (TPSA) is 34.2 Å². The fourth-order valence-corrected chi connectivity index (χ4v) is 3.27. The van der Waals surface area contributed by atoms with E-state index in [1.807, 2.05) is 24.3 Å². The van der Waals surface area contributed by atoms with Crippen LogP contribution in [0.5, 0.6) is 11.5 Å². The molecule has 0 spiro atoms. The van der Waals surface area contributed by atoms with Gasteiger partial charge in [-0.15, -0.1) is 0 Å². The lowest BCUT2D eigenvalue weighted by Crippen LogP contribution is -2.46. The van der Waals surface area contributed by atoms with Crippen molar-refractivity contribution in [2.45, 2.75) is 13.2 Å². The van der Waals surface area contributed by atoms with E-state index in [1.165, 1.54) is 11.1 Å². The minimum absolute atomic E-state index is 0.654. The van der Waals surface area contributed by atoms with Gasteiger partial charge in [-0.3, -0.25) is 9.80 Å². The molecule has 2 aromatic carbocycles. The first-order valence-electron chi connectivity index (χ1n) is 9.55. The molecule has 0 amide bonds. The number of rotatable bonds is 9. The molecule has 2 aromatic rings. The smallest absolute Gasteiger partial charge is 0.118 e. The predicted octanol–water partition coefficient (Wildman–Crippen LogP) is 3.04. The first-order valence-corrected chi connectivity index (χ1v) is 9.55. The van der Waals surface area contributed by atoms with Gasteiger partial charge in [0.25, 0.3) is 0 Å². The van der Waals surface area contributed by atoms with Crippen molar-refractivity contribution in [3.8, 4) is 11.5 Å². The van der Waals surface area contributed by atoms with Crippen molar-refractivity contribution in [2.24, 2.45) is 0 Å². The van der Waals surface area contributed by atoms with Gasteiger partial charge in [0.15, 0.2) is 0 Å². The maximum absolute atomic E-state index is 5.83. The molecule has 0 bridgehead atoms. The Labute approximate surface area is 162 Å². The second kappa shape index (κ2) is 10.3. The van der Waals surface area contributed by atoms with Crippen LogP contribution in [0.4, 0.5) is 0 Å². The van der Waals surface area contributed by atoms with Gasteiger partial charge in [-0.25, -0.2) is 0 Å². The van der Waals surface area contributed by atoms with Gasteiger partial charge in [0.2, 0.25) is 0 Å². The van der Waals surface area contributed by atoms with Gasteiger partial charge in [0.1, 0.15) is 11.5 Å². The Balaban J connectivity index is 1.30. The molecule has 1 saturated heterocycles. The molecule has 1 aliphatic heterocycles. The Bertz CT molecular complexity index is 662. The average Bonchev–Trinajstić information content (AvgIpc) is 2.73. The van der Waals surface area contributed by atoms with Crippen LogP contribution in [0.15, 0.2) is 48.5 Å². The largest absolute Gasteiger partial charge is 0.497 e. The lowest BCUT2D eigenvalue weighted by atomic mass is 10.2. The fourth-order valence-electron chi connectivity index (χ4n) is 3.27. The minimum atomic E-state index is 0.654. The highest BCUT2D eigenvalue weighted by Crippen LogP contribution is 2.14. The number of ether oxygens (including phenoxy) is 3. The first-order chi connectivity index (χ1) is 13.3. The van der Waals surface area contributed by atoms with E-state index in [0.29, 0.717) is 6.61 Å². The molecule has 5 heteroatoms. The van der Waals surface area contributed by atoms with Gasteiger partial charge in [-0.2, -0.15) is 0 Å². The molecule has 5 nitrogen and oxygen atoms in total. The molecule has 1 aliphatic rings. The summed E-state index contributed by atoms with van der Waals surface area (Å²) >= 11 is 0. The molecule has 3 rings (SSSR count).